The van der Waals surface area contributed by atoms with Gasteiger partial charge in [-0.05, 0) is 42.8 Å². The van der Waals surface area contributed by atoms with Gasteiger partial charge >= 0.3 is 12.8 Å². The third-order valence-corrected chi connectivity index (χ3v) is 4.25. The largest absolute Gasteiger partial charge is 0.435 e. The Bertz CT molecular complexity index is 1050. The van der Waals surface area contributed by atoms with Gasteiger partial charge in [0.15, 0.2) is 0 Å². The van der Waals surface area contributed by atoms with Crippen LogP contribution in [0, 0.1) is 6.92 Å². The molecular weight excluding hydrogens is 409 g/mol. The molecule has 1 N–H and O–H groups in total. The minimum atomic E-state index is -4.50. The summed E-state index contributed by atoms with van der Waals surface area (Å²) in [7, 11) is 0. The summed E-state index contributed by atoms with van der Waals surface area (Å²) in [5.41, 5.74) is 0.392. The molecule has 158 valence electrons. The van der Waals surface area contributed by atoms with E-state index in [0.717, 1.165) is 12.1 Å². The van der Waals surface area contributed by atoms with Gasteiger partial charge in [0, 0.05) is 6.54 Å². The first-order valence-electron chi connectivity index (χ1n) is 8.69. The van der Waals surface area contributed by atoms with Crippen LogP contribution in [0.5, 0.6) is 5.75 Å². The Kier molecular flexibility index (Phi) is 6.04. The van der Waals surface area contributed by atoms with Crippen LogP contribution in [0.4, 0.5) is 22.0 Å². The van der Waals surface area contributed by atoms with E-state index in [2.05, 4.69) is 15.2 Å². The molecule has 3 aromatic rings. The third kappa shape index (κ3) is 4.94. The Morgan fingerprint density at radius 3 is 2.60 bits per heavy atom. The van der Waals surface area contributed by atoms with Gasteiger partial charge in [-0.3, -0.25) is 4.79 Å². The molecule has 0 spiro atoms. The molecule has 0 radical (unpaired) electrons. The van der Waals surface area contributed by atoms with Crippen LogP contribution in [0.2, 0.25) is 0 Å². The first-order valence-corrected chi connectivity index (χ1v) is 8.69. The van der Waals surface area contributed by atoms with E-state index in [4.69, 9.17) is 0 Å². The van der Waals surface area contributed by atoms with Crippen molar-refractivity contribution in [3.63, 3.8) is 0 Å². The maximum absolute atomic E-state index is 12.9. The highest BCUT2D eigenvalue weighted by molar-refractivity contribution is 5.95. The molecule has 30 heavy (non-hydrogen) atoms. The number of aromatic nitrogens is 2. The van der Waals surface area contributed by atoms with Crippen molar-refractivity contribution in [2.75, 3.05) is 0 Å². The molecule has 3 rings (SSSR count). The van der Waals surface area contributed by atoms with Crippen LogP contribution in [0.1, 0.15) is 27.2 Å². The van der Waals surface area contributed by atoms with Crippen LogP contribution in [-0.4, -0.2) is 22.3 Å². The fraction of sp³-hybridized carbons (Fsp3) is 0.200. The summed E-state index contributed by atoms with van der Waals surface area (Å²) in [5.74, 6) is -0.545. The van der Waals surface area contributed by atoms with Crippen LogP contribution in [0.25, 0.3) is 5.69 Å². The molecule has 10 heteroatoms. The van der Waals surface area contributed by atoms with Gasteiger partial charge in [0.2, 0.25) is 0 Å². The van der Waals surface area contributed by atoms with Crippen molar-refractivity contribution in [2.45, 2.75) is 26.3 Å². The summed E-state index contributed by atoms with van der Waals surface area (Å²) in [6.07, 6.45) is -3.25. The lowest BCUT2D eigenvalue weighted by Crippen LogP contribution is -2.23. The number of halogens is 5. The maximum Gasteiger partial charge on any atom is 0.416 e. The number of rotatable bonds is 6. The van der Waals surface area contributed by atoms with Crippen LogP contribution < -0.4 is 10.1 Å². The van der Waals surface area contributed by atoms with Crippen LogP contribution >= 0.6 is 0 Å². The fourth-order valence-electron chi connectivity index (χ4n) is 2.82. The smallest absolute Gasteiger partial charge is 0.416 e. The zero-order valence-electron chi connectivity index (χ0n) is 15.6. The van der Waals surface area contributed by atoms with Gasteiger partial charge < -0.3 is 10.1 Å². The second-order valence-electron chi connectivity index (χ2n) is 6.31. The number of hydrogen-bond donors (Lipinski definition) is 1. The predicted octanol–water partition coefficient (Wildman–Crippen LogP) is 4.73. The summed E-state index contributed by atoms with van der Waals surface area (Å²) in [5, 5.41) is 6.64. The van der Waals surface area contributed by atoms with E-state index in [-0.39, 0.29) is 23.5 Å². The van der Waals surface area contributed by atoms with E-state index in [9.17, 15) is 26.7 Å². The highest BCUT2D eigenvalue weighted by Crippen LogP contribution is 2.30. The van der Waals surface area contributed by atoms with Crippen molar-refractivity contribution in [2.24, 2.45) is 0 Å². The monoisotopic (exact) mass is 425 g/mol. The van der Waals surface area contributed by atoms with E-state index < -0.39 is 24.3 Å². The summed E-state index contributed by atoms with van der Waals surface area (Å²) in [6.45, 7) is -1.37. The first-order chi connectivity index (χ1) is 14.1. The molecule has 0 aliphatic heterocycles. The molecule has 0 atom stereocenters. The van der Waals surface area contributed by atoms with E-state index >= 15 is 0 Å². The van der Waals surface area contributed by atoms with Crippen molar-refractivity contribution in [1.29, 1.82) is 0 Å². The fourth-order valence-corrected chi connectivity index (χ4v) is 2.82. The molecule has 0 fully saturated rings. The minimum Gasteiger partial charge on any atom is -0.435 e. The highest BCUT2D eigenvalue weighted by Gasteiger charge is 2.30. The van der Waals surface area contributed by atoms with E-state index in [1.807, 2.05) is 0 Å². The van der Waals surface area contributed by atoms with Crippen LogP contribution in [0.3, 0.4) is 0 Å². The average Bonchev–Trinajstić information content (AvgIpc) is 3.07. The van der Waals surface area contributed by atoms with Crippen molar-refractivity contribution in [3.05, 3.63) is 77.1 Å². The number of amides is 1. The molecule has 0 saturated carbocycles. The van der Waals surface area contributed by atoms with Crippen molar-refractivity contribution in [1.82, 2.24) is 15.1 Å². The zero-order chi connectivity index (χ0) is 21.9. The Labute approximate surface area is 168 Å². The van der Waals surface area contributed by atoms with Gasteiger partial charge in [-0.2, -0.15) is 27.1 Å². The van der Waals surface area contributed by atoms with Gasteiger partial charge in [-0.15, -0.1) is 0 Å². The molecule has 0 aliphatic rings. The Balaban J connectivity index is 1.74. The highest BCUT2D eigenvalue weighted by atomic mass is 19.4. The molecule has 0 saturated heterocycles. The molecule has 1 aromatic heterocycles. The summed E-state index contributed by atoms with van der Waals surface area (Å²) >= 11 is 0. The SMILES string of the molecule is Cc1c(C(=O)NCc2cccc(OC(F)F)c2)cnn1-c1cccc(C(F)(F)F)c1. The Morgan fingerprint density at radius 1 is 1.17 bits per heavy atom. The molecule has 1 heterocycles. The second kappa shape index (κ2) is 8.52. The summed E-state index contributed by atoms with van der Waals surface area (Å²) in [4.78, 5) is 12.5. The topological polar surface area (TPSA) is 56.1 Å². The van der Waals surface area contributed by atoms with Crippen LogP contribution in [-0.2, 0) is 12.7 Å². The van der Waals surface area contributed by atoms with Gasteiger partial charge in [0.25, 0.3) is 5.91 Å². The number of carbonyl (C=O) groups excluding carboxylic acids is 1. The number of nitrogens with zero attached hydrogens (tertiary/aromatic N) is 2. The van der Waals surface area contributed by atoms with E-state index in [1.165, 1.54) is 41.2 Å². The Hall–Kier alpha value is -3.43. The van der Waals surface area contributed by atoms with Crippen molar-refractivity contribution < 1.29 is 31.5 Å². The lowest BCUT2D eigenvalue weighted by molar-refractivity contribution is -0.137. The third-order valence-electron chi connectivity index (χ3n) is 4.25. The van der Waals surface area contributed by atoms with Gasteiger partial charge in [-0.25, -0.2) is 4.68 Å². The van der Waals surface area contributed by atoms with Crippen molar-refractivity contribution in [3.8, 4) is 11.4 Å². The molecule has 1 amide bonds. The molecule has 2 aromatic carbocycles. The summed E-state index contributed by atoms with van der Waals surface area (Å²) < 4.78 is 69.0. The normalized spacial score (nSPS) is 11.6. The zero-order valence-corrected chi connectivity index (χ0v) is 15.6. The van der Waals surface area contributed by atoms with Gasteiger partial charge in [0.1, 0.15) is 5.75 Å². The lowest BCUT2D eigenvalue weighted by Gasteiger charge is -2.10. The standard InChI is InChI=1S/C20H16F5N3O2/c1-12-17(11-27-28(12)15-6-3-5-14(9-15)20(23,24)25)18(29)26-10-13-4-2-7-16(8-13)30-19(21)22/h2-9,11,19H,10H2,1H3,(H,26,29). The van der Waals surface area contributed by atoms with E-state index in [1.54, 1.807) is 13.0 Å². The second-order valence-corrected chi connectivity index (χ2v) is 6.31. The molecular formula is C20H16F5N3O2. The quantitative estimate of drug-likeness (QED) is 0.581. The average molecular weight is 425 g/mol. The number of carbonyl (C=O) groups is 1. The van der Waals surface area contributed by atoms with Crippen molar-refractivity contribution >= 4 is 5.91 Å². The maximum atomic E-state index is 12.9. The van der Waals surface area contributed by atoms with Gasteiger partial charge in [-0.1, -0.05) is 18.2 Å². The minimum absolute atomic E-state index is 0.0352. The van der Waals surface area contributed by atoms with Crippen LogP contribution in [0.15, 0.2) is 54.7 Å². The first kappa shape index (κ1) is 21.3. The predicted molar refractivity (Wildman–Crippen MR) is 97.5 cm³/mol. The number of nitrogens with one attached hydrogen (secondary N) is 1. The number of hydrogen-bond acceptors (Lipinski definition) is 3. The Morgan fingerprint density at radius 2 is 1.90 bits per heavy atom. The van der Waals surface area contributed by atoms with E-state index in [0.29, 0.717) is 11.3 Å². The molecule has 0 aliphatic carbocycles. The molecule has 0 unspecified atom stereocenters. The number of benzene rings is 2. The molecule has 5 nitrogen and oxygen atoms in total. The summed E-state index contributed by atoms with van der Waals surface area (Å²) in [6, 6.07) is 10.5. The molecule has 0 bridgehead atoms. The lowest BCUT2D eigenvalue weighted by atomic mass is 10.2. The van der Waals surface area contributed by atoms with Gasteiger partial charge in [0.05, 0.1) is 28.7 Å². The number of alkyl halides is 5. The number of ether oxygens (including phenoxy) is 1.